The molecule has 7 nitrogen and oxygen atoms in total. The molecule has 0 aliphatic heterocycles. The van der Waals surface area contributed by atoms with E-state index < -0.39 is 25.8 Å². The Morgan fingerprint density at radius 2 is 1.72 bits per heavy atom. The van der Waals surface area contributed by atoms with Gasteiger partial charge in [0.05, 0.1) is 18.6 Å². The van der Waals surface area contributed by atoms with Gasteiger partial charge in [-0.1, -0.05) is 0 Å². The SMILES string of the molecule is COC(=O)CCCS(=O)(=O)NCCCS(C)(=O)=O. The Bertz CT molecular complexity index is 453. The van der Waals surface area contributed by atoms with Gasteiger partial charge in [-0.3, -0.25) is 4.79 Å². The third kappa shape index (κ3) is 10.5. The Morgan fingerprint density at radius 1 is 1.11 bits per heavy atom. The number of methoxy groups -OCH3 is 1. The molecule has 0 radical (unpaired) electrons. The van der Waals surface area contributed by atoms with Gasteiger partial charge in [-0.15, -0.1) is 0 Å². The van der Waals surface area contributed by atoms with E-state index in [9.17, 15) is 21.6 Å². The summed E-state index contributed by atoms with van der Waals surface area (Å²) in [6, 6.07) is 0. The van der Waals surface area contributed by atoms with Crippen molar-refractivity contribution >= 4 is 25.8 Å². The van der Waals surface area contributed by atoms with Crippen LogP contribution in [0.2, 0.25) is 0 Å². The molecule has 0 aliphatic rings. The number of nitrogens with one attached hydrogen (secondary N) is 1. The molecular formula is C9H19NO6S2. The molecule has 18 heavy (non-hydrogen) atoms. The van der Waals surface area contributed by atoms with Crippen LogP contribution in [0.25, 0.3) is 0 Å². The minimum absolute atomic E-state index is 0.0424. The molecule has 0 fully saturated rings. The van der Waals surface area contributed by atoms with Crippen molar-refractivity contribution in [2.24, 2.45) is 0 Å². The van der Waals surface area contributed by atoms with Gasteiger partial charge in [0.1, 0.15) is 9.84 Å². The zero-order valence-corrected chi connectivity index (χ0v) is 12.1. The predicted octanol–water partition coefficient (Wildman–Crippen LogP) is -0.706. The number of rotatable bonds is 9. The Kier molecular flexibility index (Phi) is 7.41. The minimum Gasteiger partial charge on any atom is -0.469 e. The maximum Gasteiger partial charge on any atom is 0.305 e. The lowest BCUT2D eigenvalue weighted by Crippen LogP contribution is -2.28. The maximum absolute atomic E-state index is 11.4. The number of esters is 1. The molecule has 0 spiro atoms. The van der Waals surface area contributed by atoms with Crippen molar-refractivity contribution in [1.82, 2.24) is 4.72 Å². The van der Waals surface area contributed by atoms with Crippen LogP contribution >= 0.6 is 0 Å². The lowest BCUT2D eigenvalue weighted by molar-refractivity contribution is -0.140. The Balaban J connectivity index is 3.84. The van der Waals surface area contributed by atoms with Gasteiger partial charge in [-0.2, -0.15) is 0 Å². The fourth-order valence-corrected chi connectivity index (χ4v) is 2.94. The highest BCUT2D eigenvalue weighted by atomic mass is 32.2. The van der Waals surface area contributed by atoms with Crippen molar-refractivity contribution in [3.63, 3.8) is 0 Å². The summed E-state index contributed by atoms with van der Waals surface area (Å²) in [4.78, 5) is 10.8. The highest BCUT2D eigenvalue weighted by molar-refractivity contribution is 7.90. The van der Waals surface area contributed by atoms with E-state index >= 15 is 0 Å². The first-order valence-corrected chi connectivity index (χ1v) is 9.09. The van der Waals surface area contributed by atoms with E-state index in [0.29, 0.717) is 0 Å². The second-order valence-corrected chi connectivity index (χ2v) is 8.06. The first kappa shape index (κ1) is 17.3. The molecule has 0 aliphatic carbocycles. The highest BCUT2D eigenvalue weighted by Crippen LogP contribution is 1.97. The van der Waals surface area contributed by atoms with Crippen molar-refractivity contribution in [1.29, 1.82) is 0 Å². The lowest BCUT2D eigenvalue weighted by Gasteiger charge is -2.05. The standard InChI is InChI=1S/C9H19NO6S2/c1-16-9(11)5-3-8-18(14,15)10-6-4-7-17(2,12)13/h10H,3-8H2,1-2H3. The maximum atomic E-state index is 11.4. The van der Waals surface area contributed by atoms with Gasteiger partial charge in [0, 0.05) is 19.2 Å². The van der Waals surface area contributed by atoms with Crippen LogP contribution in [-0.4, -0.2) is 54.2 Å². The van der Waals surface area contributed by atoms with Crippen molar-refractivity contribution < 1.29 is 26.4 Å². The van der Waals surface area contributed by atoms with Crippen LogP contribution in [-0.2, 0) is 29.4 Å². The van der Waals surface area contributed by atoms with Crippen molar-refractivity contribution in [2.75, 3.05) is 31.4 Å². The van der Waals surface area contributed by atoms with Crippen molar-refractivity contribution in [3.05, 3.63) is 0 Å². The smallest absolute Gasteiger partial charge is 0.305 e. The summed E-state index contributed by atoms with van der Waals surface area (Å²) in [7, 11) is -5.29. The zero-order valence-electron chi connectivity index (χ0n) is 10.5. The second-order valence-electron chi connectivity index (χ2n) is 3.88. The number of hydrogen-bond donors (Lipinski definition) is 1. The van der Waals surface area contributed by atoms with Gasteiger partial charge >= 0.3 is 5.97 Å². The van der Waals surface area contributed by atoms with Crippen LogP contribution in [0.15, 0.2) is 0 Å². The Morgan fingerprint density at radius 3 is 2.22 bits per heavy atom. The molecule has 0 aromatic rings. The number of sulfonamides is 1. The fourth-order valence-electron chi connectivity index (χ4n) is 1.14. The van der Waals surface area contributed by atoms with E-state index in [4.69, 9.17) is 0 Å². The summed E-state index contributed by atoms with van der Waals surface area (Å²) >= 11 is 0. The summed E-state index contributed by atoms with van der Waals surface area (Å²) in [5, 5.41) is 0. The molecule has 0 aromatic carbocycles. The number of ether oxygens (including phenoxy) is 1. The van der Waals surface area contributed by atoms with Gasteiger partial charge < -0.3 is 4.74 Å². The Hall–Kier alpha value is -0.670. The molecule has 0 amide bonds. The van der Waals surface area contributed by atoms with E-state index in [1.54, 1.807) is 0 Å². The van der Waals surface area contributed by atoms with Crippen molar-refractivity contribution in [3.8, 4) is 0 Å². The third-order valence-electron chi connectivity index (χ3n) is 2.04. The topological polar surface area (TPSA) is 107 Å². The normalized spacial score (nSPS) is 12.3. The average molecular weight is 301 g/mol. The monoisotopic (exact) mass is 301 g/mol. The molecule has 0 bridgehead atoms. The molecule has 0 heterocycles. The van der Waals surface area contributed by atoms with E-state index in [1.807, 2.05) is 0 Å². The molecule has 9 heteroatoms. The molecular weight excluding hydrogens is 282 g/mol. The van der Waals surface area contributed by atoms with Gasteiger partial charge in [-0.05, 0) is 12.8 Å². The van der Waals surface area contributed by atoms with Gasteiger partial charge in [0.15, 0.2) is 0 Å². The van der Waals surface area contributed by atoms with E-state index in [1.165, 1.54) is 7.11 Å². The average Bonchev–Trinajstić information content (AvgIpc) is 2.23. The molecule has 0 rings (SSSR count). The molecule has 0 atom stereocenters. The summed E-state index contributed by atoms with van der Waals surface area (Å²) in [5.74, 6) is -0.694. The second kappa shape index (κ2) is 7.70. The van der Waals surface area contributed by atoms with Crippen molar-refractivity contribution in [2.45, 2.75) is 19.3 Å². The van der Waals surface area contributed by atoms with Crippen LogP contribution in [0.3, 0.4) is 0 Å². The first-order chi connectivity index (χ1) is 8.16. The first-order valence-electron chi connectivity index (χ1n) is 5.38. The highest BCUT2D eigenvalue weighted by Gasteiger charge is 2.11. The summed E-state index contributed by atoms with van der Waals surface area (Å²) in [5.41, 5.74) is 0. The zero-order chi connectivity index (χ0) is 14.2. The fraction of sp³-hybridized carbons (Fsp3) is 0.889. The molecule has 0 aromatic heterocycles. The summed E-state index contributed by atoms with van der Waals surface area (Å²) in [6.45, 7) is 0.0770. The number of hydrogen-bond acceptors (Lipinski definition) is 6. The Labute approximate surface area is 108 Å². The van der Waals surface area contributed by atoms with Crippen LogP contribution < -0.4 is 4.72 Å². The van der Waals surface area contributed by atoms with E-state index in [-0.39, 0.29) is 37.3 Å². The number of carbonyl (C=O) groups is 1. The van der Waals surface area contributed by atoms with Gasteiger partial charge in [0.25, 0.3) is 0 Å². The van der Waals surface area contributed by atoms with E-state index in [2.05, 4.69) is 9.46 Å². The molecule has 0 unspecified atom stereocenters. The molecule has 0 saturated carbocycles. The van der Waals surface area contributed by atoms with Crippen LogP contribution in [0, 0.1) is 0 Å². The van der Waals surface area contributed by atoms with E-state index in [0.717, 1.165) is 6.26 Å². The molecule has 1 N–H and O–H groups in total. The quantitative estimate of drug-likeness (QED) is 0.445. The lowest BCUT2D eigenvalue weighted by atomic mass is 10.3. The van der Waals surface area contributed by atoms with Gasteiger partial charge in [-0.25, -0.2) is 21.6 Å². The predicted molar refractivity (Wildman–Crippen MR) is 67.4 cm³/mol. The number of sulfone groups is 1. The summed E-state index contributed by atoms with van der Waals surface area (Å²) < 4.78 is 51.1. The summed E-state index contributed by atoms with van der Waals surface area (Å²) in [6.07, 6.45) is 1.54. The molecule has 0 saturated heterocycles. The number of carbonyl (C=O) groups excluding carboxylic acids is 1. The third-order valence-corrected chi connectivity index (χ3v) is 4.54. The van der Waals surface area contributed by atoms with Crippen LogP contribution in [0.5, 0.6) is 0 Å². The van der Waals surface area contributed by atoms with Crippen LogP contribution in [0.4, 0.5) is 0 Å². The van der Waals surface area contributed by atoms with Crippen LogP contribution in [0.1, 0.15) is 19.3 Å². The minimum atomic E-state index is -3.46. The largest absolute Gasteiger partial charge is 0.469 e. The molecule has 108 valence electrons. The van der Waals surface area contributed by atoms with Gasteiger partial charge in [0.2, 0.25) is 10.0 Å².